The molecular formula is C22H18N4O9S. The van der Waals surface area contributed by atoms with Gasteiger partial charge in [-0.1, -0.05) is 30.3 Å². The number of methoxy groups -OCH3 is 2. The lowest BCUT2D eigenvalue weighted by Crippen LogP contribution is -2.40. The van der Waals surface area contributed by atoms with Crippen molar-refractivity contribution in [2.24, 2.45) is 5.73 Å². The summed E-state index contributed by atoms with van der Waals surface area (Å²) in [7, 11) is -2.93. The van der Waals surface area contributed by atoms with Gasteiger partial charge >= 0.3 is 22.1 Å². The van der Waals surface area contributed by atoms with Crippen LogP contribution < -0.4 is 10.6 Å². The summed E-state index contributed by atoms with van der Waals surface area (Å²) in [6.07, 6.45) is 0. The molecule has 0 fully saturated rings. The van der Waals surface area contributed by atoms with Crippen molar-refractivity contribution < 1.29 is 37.0 Å². The molecule has 36 heavy (non-hydrogen) atoms. The van der Waals surface area contributed by atoms with Crippen molar-refractivity contribution >= 4 is 33.4 Å². The third kappa shape index (κ3) is 4.48. The maximum absolute atomic E-state index is 13.0. The smallest absolute Gasteiger partial charge is 0.355 e. The van der Waals surface area contributed by atoms with E-state index in [2.05, 4.69) is 0 Å². The summed E-state index contributed by atoms with van der Waals surface area (Å²) in [5, 5.41) is 21.6. The van der Waals surface area contributed by atoms with Gasteiger partial charge in [0, 0.05) is 6.07 Å². The average molecular weight is 514 g/mol. The molecule has 1 heterocycles. The Hall–Kier alpha value is -4.74. The number of carbonyl (C=O) groups is 2. The molecule has 3 N–H and O–H groups in total. The molecule has 1 atom stereocenters. The zero-order valence-electron chi connectivity index (χ0n) is 18.7. The quantitative estimate of drug-likeness (QED) is 0.245. The predicted molar refractivity (Wildman–Crippen MR) is 122 cm³/mol. The molecule has 0 bridgehead atoms. The number of hydrogen-bond donors (Lipinski definition) is 2. The Kier molecular flexibility index (Phi) is 7.09. The number of benzene rings is 2. The van der Waals surface area contributed by atoms with E-state index in [4.69, 9.17) is 15.2 Å². The number of hydrogen-bond acceptors (Lipinski definition) is 11. The Morgan fingerprint density at radius 1 is 1.14 bits per heavy atom. The lowest BCUT2D eigenvalue weighted by Gasteiger charge is -2.35. The van der Waals surface area contributed by atoms with Crippen LogP contribution in [-0.4, -0.2) is 44.1 Å². The number of nitro groups is 1. The number of nitriles is 1. The Morgan fingerprint density at radius 3 is 2.25 bits per heavy atom. The Labute approximate surface area is 204 Å². The van der Waals surface area contributed by atoms with Gasteiger partial charge in [-0.2, -0.15) is 13.7 Å². The highest BCUT2D eigenvalue weighted by Crippen LogP contribution is 2.44. The second kappa shape index (κ2) is 9.86. The summed E-state index contributed by atoms with van der Waals surface area (Å²) in [6, 6.07) is 12.5. The van der Waals surface area contributed by atoms with Gasteiger partial charge in [-0.3, -0.25) is 19.6 Å². The first-order valence-electron chi connectivity index (χ1n) is 9.89. The number of nitrogens with zero attached hydrogens (tertiary/aromatic N) is 3. The van der Waals surface area contributed by atoms with Crippen LogP contribution in [0, 0.1) is 21.4 Å². The first kappa shape index (κ1) is 25.9. The molecule has 0 saturated heterocycles. The third-order valence-electron chi connectivity index (χ3n) is 5.29. The summed E-state index contributed by atoms with van der Waals surface area (Å²) in [5.41, 5.74) is 4.32. The van der Waals surface area contributed by atoms with Crippen LogP contribution in [0.4, 0.5) is 11.4 Å². The Bertz CT molecular complexity index is 1470. The Balaban J connectivity index is 2.46. The largest absolute Gasteiger partial charge is 0.466 e. The highest BCUT2D eigenvalue weighted by atomic mass is 32.2. The Morgan fingerprint density at radius 2 is 1.75 bits per heavy atom. The van der Waals surface area contributed by atoms with E-state index in [-0.39, 0.29) is 22.7 Å². The first-order valence-corrected chi connectivity index (χ1v) is 11.3. The summed E-state index contributed by atoms with van der Waals surface area (Å²) >= 11 is 0. The molecule has 0 amide bonds. The molecule has 2 aromatic carbocycles. The van der Waals surface area contributed by atoms with Crippen LogP contribution in [0.15, 0.2) is 76.1 Å². The van der Waals surface area contributed by atoms with Gasteiger partial charge < -0.3 is 15.2 Å². The van der Waals surface area contributed by atoms with Gasteiger partial charge in [0.05, 0.1) is 48.0 Å². The molecule has 14 heteroatoms. The number of nitro benzene ring substituents is 1. The van der Waals surface area contributed by atoms with Gasteiger partial charge in [0.2, 0.25) is 0 Å². The second-order valence-electron chi connectivity index (χ2n) is 7.22. The van der Waals surface area contributed by atoms with Crippen molar-refractivity contribution in [1.29, 1.82) is 5.26 Å². The number of carbonyl (C=O) groups excluding carboxylic acids is 2. The number of esters is 2. The van der Waals surface area contributed by atoms with Gasteiger partial charge in [-0.05, 0) is 17.7 Å². The van der Waals surface area contributed by atoms with Gasteiger partial charge in [0.25, 0.3) is 5.69 Å². The van der Waals surface area contributed by atoms with Gasteiger partial charge in [0.15, 0.2) is 4.90 Å². The normalized spacial score (nSPS) is 15.8. The van der Waals surface area contributed by atoms with Crippen molar-refractivity contribution in [3.8, 4) is 6.07 Å². The molecular weight excluding hydrogens is 496 g/mol. The van der Waals surface area contributed by atoms with Crippen molar-refractivity contribution in [1.82, 2.24) is 0 Å². The van der Waals surface area contributed by atoms with E-state index in [9.17, 15) is 37.9 Å². The molecule has 1 aliphatic rings. The van der Waals surface area contributed by atoms with Crippen molar-refractivity contribution in [3.63, 3.8) is 0 Å². The fourth-order valence-electron chi connectivity index (χ4n) is 3.79. The fourth-order valence-corrected chi connectivity index (χ4v) is 4.42. The average Bonchev–Trinajstić information content (AvgIpc) is 2.86. The molecule has 3 rings (SSSR count). The fraction of sp³-hybridized carbons (Fsp3) is 0.136. The first-order chi connectivity index (χ1) is 17.0. The minimum absolute atomic E-state index is 0.198. The zero-order chi connectivity index (χ0) is 26.8. The topological polar surface area (TPSA) is 203 Å². The van der Waals surface area contributed by atoms with Crippen LogP contribution in [0.25, 0.3) is 0 Å². The maximum atomic E-state index is 13.0. The van der Waals surface area contributed by atoms with E-state index < -0.39 is 49.2 Å². The summed E-state index contributed by atoms with van der Waals surface area (Å²) < 4.78 is 42.3. The third-order valence-corrected chi connectivity index (χ3v) is 6.19. The van der Waals surface area contributed by atoms with E-state index >= 15 is 0 Å². The lowest BCUT2D eigenvalue weighted by molar-refractivity contribution is -0.387. The number of anilines is 1. The van der Waals surface area contributed by atoms with Gasteiger partial charge in [-0.25, -0.2) is 9.59 Å². The van der Waals surface area contributed by atoms with Crippen LogP contribution in [0.3, 0.4) is 0 Å². The minimum atomic E-state index is -5.00. The highest BCUT2D eigenvalue weighted by Gasteiger charge is 2.43. The minimum Gasteiger partial charge on any atom is -0.466 e. The molecule has 0 aromatic heterocycles. The SMILES string of the molecule is COC(=O)C1=C(C(=O)OC)N(c2ccc(S(=O)(=O)O)c([N+](=O)[O-])c2)C(N)=C(C#N)C1c1ccccc1. The number of rotatable bonds is 6. The van der Waals surface area contributed by atoms with Crippen LogP contribution >= 0.6 is 0 Å². The van der Waals surface area contributed by atoms with Crippen LogP contribution in [0.1, 0.15) is 11.5 Å². The number of nitrogens with two attached hydrogens (primary N) is 1. The number of allylic oxidation sites excluding steroid dienone is 1. The maximum Gasteiger partial charge on any atom is 0.355 e. The van der Waals surface area contributed by atoms with Crippen LogP contribution in [0.5, 0.6) is 0 Å². The van der Waals surface area contributed by atoms with Gasteiger partial charge in [0.1, 0.15) is 11.5 Å². The molecule has 0 saturated carbocycles. The molecule has 2 aromatic rings. The monoisotopic (exact) mass is 514 g/mol. The molecule has 186 valence electrons. The molecule has 1 aliphatic heterocycles. The molecule has 13 nitrogen and oxygen atoms in total. The van der Waals surface area contributed by atoms with E-state index in [0.29, 0.717) is 11.6 Å². The van der Waals surface area contributed by atoms with Crippen molar-refractivity contribution in [2.45, 2.75) is 10.8 Å². The highest BCUT2D eigenvalue weighted by molar-refractivity contribution is 7.86. The van der Waals surface area contributed by atoms with E-state index in [0.717, 1.165) is 31.3 Å². The van der Waals surface area contributed by atoms with E-state index in [1.807, 2.05) is 6.07 Å². The zero-order valence-corrected chi connectivity index (χ0v) is 19.6. The standard InChI is InChI=1S/C22H18N4O9S/c1-34-21(27)18-17(12-6-4-3-5-7-12)14(11-23)20(24)25(19(18)22(28)35-2)13-8-9-16(36(31,32)33)15(10-13)26(29)30/h3-10,17H,24H2,1-2H3,(H,31,32,33). The van der Waals surface area contributed by atoms with Crippen LogP contribution in [0.2, 0.25) is 0 Å². The summed E-state index contributed by atoms with van der Waals surface area (Å²) in [5.74, 6) is -3.66. The van der Waals surface area contributed by atoms with E-state index in [1.165, 1.54) is 0 Å². The van der Waals surface area contributed by atoms with Gasteiger partial charge in [-0.15, -0.1) is 0 Å². The van der Waals surface area contributed by atoms with Crippen molar-refractivity contribution in [3.05, 3.63) is 86.9 Å². The molecule has 0 aliphatic carbocycles. The van der Waals surface area contributed by atoms with Crippen molar-refractivity contribution in [2.75, 3.05) is 19.1 Å². The summed E-state index contributed by atoms with van der Waals surface area (Å²) in [4.78, 5) is 36.3. The van der Waals surface area contributed by atoms with Crippen LogP contribution in [-0.2, 0) is 29.2 Å². The summed E-state index contributed by atoms with van der Waals surface area (Å²) in [6.45, 7) is 0. The predicted octanol–water partition coefficient (Wildman–Crippen LogP) is 1.74. The molecule has 0 spiro atoms. The molecule has 0 radical (unpaired) electrons. The second-order valence-corrected chi connectivity index (χ2v) is 8.61. The van der Waals surface area contributed by atoms with E-state index in [1.54, 1.807) is 30.3 Å². The lowest BCUT2D eigenvalue weighted by atomic mass is 9.81. The number of ether oxygens (including phenoxy) is 2. The molecule has 1 unspecified atom stereocenters.